The molecule has 0 saturated carbocycles. The number of nitrogens with one attached hydrogen (secondary N) is 2. The molecule has 0 unspecified atom stereocenters. The van der Waals surface area contributed by atoms with E-state index in [2.05, 4.69) is 21.6 Å². The molecular weight excluding hydrogens is 554 g/mol. The van der Waals surface area contributed by atoms with Crippen LogP contribution in [0.15, 0.2) is 84.0 Å². The highest BCUT2D eigenvalue weighted by Gasteiger charge is 2.22. The van der Waals surface area contributed by atoms with Gasteiger partial charge in [-0.15, -0.1) is 0 Å². The number of hydrazone groups is 1. The smallest absolute Gasteiger partial charge is 0.343 e. The molecule has 1 aromatic heterocycles. The summed E-state index contributed by atoms with van der Waals surface area (Å²) in [5, 5.41) is 5.60. The zero-order chi connectivity index (χ0) is 29.8. The van der Waals surface area contributed by atoms with E-state index in [4.69, 9.17) is 25.8 Å². The maximum absolute atomic E-state index is 13.4. The molecule has 0 fully saturated rings. The number of aromatic nitrogens is 1. The number of halogens is 1. The number of carbonyl (C=O) groups is 2. The van der Waals surface area contributed by atoms with Gasteiger partial charge in [0.1, 0.15) is 11.4 Å². The van der Waals surface area contributed by atoms with E-state index < -0.39 is 11.9 Å². The van der Waals surface area contributed by atoms with E-state index in [9.17, 15) is 9.59 Å². The van der Waals surface area contributed by atoms with Crippen molar-refractivity contribution < 1.29 is 23.8 Å². The minimum Gasteiger partial charge on any atom is -0.497 e. The van der Waals surface area contributed by atoms with Crippen LogP contribution in [0.1, 0.15) is 37.5 Å². The Kier molecular flexibility index (Phi) is 8.26. The second-order valence-electron chi connectivity index (χ2n) is 9.59. The predicted molar refractivity (Wildman–Crippen MR) is 164 cm³/mol. The first-order chi connectivity index (χ1) is 20.3. The third-order valence-corrected chi connectivity index (χ3v) is 7.02. The van der Waals surface area contributed by atoms with Crippen LogP contribution >= 0.6 is 11.6 Å². The summed E-state index contributed by atoms with van der Waals surface area (Å²) in [6.45, 7) is 4.01. The molecule has 42 heavy (non-hydrogen) atoms. The SMILES string of the molecule is COc1cccc(C(=O)Oc2ccc(C=NNC(=O)c3[nH]c4c(C)cc(C)cc4c3-c3ccccc3Cl)cc2OC)c1. The summed E-state index contributed by atoms with van der Waals surface area (Å²) in [4.78, 5) is 29.3. The quantitative estimate of drug-likeness (QED) is 0.0880. The molecule has 1 amide bonds. The van der Waals surface area contributed by atoms with Crippen LogP contribution in [0.25, 0.3) is 22.0 Å². The number of benzene rings is 4. The van der Waals surface area contributed by atoms with Crippen LogP contribution in [0.3, 0.4) is 0 Å². The lowest BCUT2D eigenvalue weighted by Gasteiger charge is -2.10. The summed E-state index contributed by atoms with van der Waals surface area (Å²) >= 11 is 6.55. The number of hydrogen-bond donors (Lipinski definition) is 2. The van der Waals surface area contributed by atoms with Crippen molar-refractivity contribution >= 4 is 40.6 Å². The van der Waals surface area contributed by atoms with Crippen LogP contribution in [0.5, 0.6) is 17.2 Å². The van der Waals surface area contributed by atoms with Crippen LogP contribution < -0.4 is 19.6 Å². The van der Waals surface area contributed by atoms with E-state index in [1.807, 2.05) is 38.1 Å². The lowest BCUT2D eigenvalue weighted by molar-refractivity contribution is 0.0729. The van der Waals surface area contributed by atoms with Gasteiger partial charge in [-0.05, 0) is 73.5 Å². The maximum Gasteiger partial charge on any atom is 0.343 e. The molecule has 0 aliphatic rings. The number of ether oxygens (including phenoxy) is 3. The van der Waals surface area contributed by atoms with Gasteiger partial charge in [-0.3, -0.25) is 4.79 Å². The van der Waals surface area contributed by atoms with Gasteiger partial charge in [-0.25, -0.2) is 10.2 Å². The molecule has 5 aromatic rings. The second kappa shape index (κ2) is 12.2. The van der Waals surface area contributed by atoms with Crippen molar-refractivity contribution in [1.29, 1.82) is 0 Å². The van der Waals surface area contributed by atoms with Crippen LogP contribution in [-0.4, -0.2) is 37.3 Å². The average Bonchev–Trinajstić information content (AvgIpc) is 3.37. The van der Waals surface area contributed by atoms with Crippen molar-refractivity contribution in [3.05, 3.63) is 112 Å². The minimum absolute atomic E-state index is 0.236. The molecule has 0 aliphatic carbocycles. The number of aromatic amines is 1. The highest BCUT2D eigenvalue weighted by atomic mass is 35.5. The zero-order valence-electron chi connectivity index (χ0n) is 23.4. The van der Waals surface area contributed by atoms with Crippen molar-refractivity contribution in [3.8, 4) is 28.4 Å². The van der Waals surface area contributed by atoms with Crippen LogP contribution in [0, 0.1) is 13.8 Å². The van der Waals surface area contributed by atoms with Gasteiger partial charge in [0.2, 0.25) is 0 Å². The summed E-state index contributed by atoms with van der Waals surface area (Å²) in [5.41, 5.74) is 8.30. The molecular formula is C33H28ClN3O5. The predicted octanol–water partition coefficient (Wildman–Crippen LogP) is 7.11. The van der Waals surface area contributed by atoms with Crippen molar-refractivity contribution in [2.24, 2.45) is 5.10 Å². The molecule has 2 N–H and O–H groups in total. The number of esters is 1. The van der Waals surface area contributed by atoms with Crippen molar-refractivity contribution in [3.63, 3.8) is 0 Å². The summed E-state index contributed by atoms with van der Waals surface area (Å²) in [5.74, 6) is 0.120. The number of hydrogen-bond acceptors (Lipinski definition) is 6. The van der Waals surface area contributed by atoms with Gasteiger partial charge in [0.05, 0.1) is 26.0 Å². The molecule has 4 aromatic carbocycles. The van der Waals surface area contributed by atoms with Crippen molar-refractivity contribution in [2.75, 3.05) is 14.2 Å². The molecule has 9 heteroatoms. The lowest BCUT2D eigenvalue weighted by atomic mass is 9.99. The highest BCUT2D eigenvalue weighted by molar-refractivity contribution is 6.34. The molecule has 0 atom stereocenters. The fourth-order valence-corrected chi connectivity index (χ4v) is 4.98. The number of nitrogens with zero attached hydrogens (tertiary/aromatic N) is 1. The van der Waals surface area contributed by atoms with E-state index in [1.54, 1.807) is 48.5 Å². The monoisotopic (exact) mass is 581 g/mol. The van der Waals surface area contributed by atoms with Gasteiger partial charge in [0, 0.05) is 27.1 Å². The number of H-pyrrole nitrogens is 1. The number of amides is 1. The van der Waals surface area contributed by atoms with Gasteiger partial charge in [0.25, 0.3) is 5.91 Å². The molecule has 0 saturated heterocycles. The Bertz CT molecular complexity index is 1840. The lowest BCUT2D eigenvalue weighted by Crippen LogP contribution is -2.19. The Morgan fingerprint density at radius 1 is 0.905 bits per heavy atom. The first-order valence-corrected chi connectivity index (χ1v) is 13.4. The fourth-order valence-electron chi connectivity index (χ4n) is 4.75. The van der Waals surface area contributed by atoms with E-state index in [0.717, 1.165) is 27.6 Å². The van der Waals surface area contributed by atoms with Gasteiger partial charge < -0.3 is 19.2 Å². The summed E-state index contributed by atoms with van der Waals surface area (Å²) in [7, 11) is 2.99. The van der Waals surface area contributed by atoms with E-state index in [0.29, 0.717) is 38.9 Å². The molecule has 212 valence electrons. The first kappa shape index (κ1) is 28.4. The van der Waals surface area contributed by atoms with Gasteiger partial charge in [0.15, 0.2) is 11.5 Å². The van der Waals surface area contributed by atoms with Crippen LogP contribution in [0.2, 0.25) is 5.02 Å². The third kappa shape index (κ3) is 5.84. The molecule has 0 aliphatic heterocycles. The van der Waals surface area contributed by atoms with E-state index >= 15 is 0 Å². The molecule has 0 spiro atoms. The summed E-state index contributed by atoms with van der Waals surface area (Å²) in [6, 6.07) is 23.1. The number of carbonyl (C=O) groups excluding carboxylic acids is 2. The molecule has 0 radical (unpaired) electrons. The Balaban J connectivity index is 1.38. The van der Waals surface area contributed by atoms with Gasteiger partial charge >= 0.3 is 5.97 Å². The first-order valence-electron chi connectivity index (χ1n) is 13.0. The Hall–Kier alpha value is -5.08. The van der Waals surface area contributed by atoms with Gasteiger partial charge in [-0.2, -0.15) is 5.10 Å². The van der Waals surface area contributed by atoms with Crippen LogP contribution in [-0.2, 0) is 0 Å². The van der Waals surface area contributed by atoms with Gasteiger partial charge in [-0.1, -0.05) is 47.5 Å². The average molecular weight is 582 g/mol. The minimum atomic E-state index is -0.557. The number of methoxy groups -OCH3 is 2. The third-order valence-electron chi connectivity index (χ3n) is 6.69. The molecule has 1 heterocycles. The topological polar surface area (TPSA) is 102 Å². The second-order valence-corrected chi connectivity index (χ2v) is 10.00. The Morgan fingerprint density at radius 2 is 1.71 bits per heavy atom. The van der Waals surface area contributed by atoms with Crippen LogP contribution in [0.4, 0.5) is 0 Å². The number of fused-ring (bicyclic) bond motifs is 1. The van der Waals surface area contributed by atoms with Crippen molar-refractivity contribution in [1.82, 2.24) is 10.4 Å². The fraction of sp³-hybridized carbons (Fsp3) is 0.121. The van der Waals surface area contributed by atoms with Crippen molar-refractivity contribution in [2.45, 2.75) is 13.8 Å². The standard InChI is InChI=1S/C33H28ClN3O5/c1-19-14-20(2)30-25(15-19)29(24-10-5-6-11-26(24)34)31(36-30)32(38)37-35-18-21-12-13-27(28(16-21)41-4)42-33(39)22-8-7-9-23(17-22)40-3/h5-18,36H,1-4H3,(H,37,38). The highest BCUT2D eigenvalue weighted by Crippen LogP contribution is 2.38. The normalized spacial score (nSPS) is 11.1. The maximum atomic E-state index is 13.4. The van der Waals surface area contributed by atoms with E-state index in [1.165, 1.54) is 20.4 Å². The largest absolute Gasteiger partial charge is 0.497 e. The molecule has 8 nitrogen and oxygen atoms in total. The Labute approximate surface area is 247 Å². The Morgan fingerprint density at radius 3 is 2.48 bits per heavy atom. The summed E-state index contributed by atoms with van der Waals surface area (Å²) in [6.07, 6.45) is 1.47. The molecule has 0 bridgehead atoms. The molecule has 5 rings (SSSR count). The number of aryl methyl sites for hydroxylation is 2. The zero-order valence-corrected chi connectivity index (χ0v) is 24.2. The number of rotatable bonds is 8. The van der Waals surface area contributed by atoms with E-state index in [-0.39, 0.29) is 5.75 Å². The summed E-state index contributed by atoms with van der Waals surface area (Å²) < 4.78 is 16.1.